The van der Waals surface area contributed by atoms with E-state index in [1.807, 2.05) is 11.8 Å². The fourth-order valence-electron chi connectivity index (χ4n) is 1.95. The smallest absolute Gasteiger partial charge is 0.308 e. The molecule has 2 heterocycles. The van der Waals surface area contributed by atoms with Gasteiger partial charge in [-0.15, -0.1) is 0 Å². The van der Waals surface area contributed by atoms with Crippen LogP contribution in [0.25, 0.3) is 0 Å². The number of hydrogen-bond acceptors (Lipinski definition) is 4. The Bertz CT molecular complexity index is 355. The quantitative estimate of drug-likeness (QED) is 0.770. The molecule has 1 saturated heterocycles. The Morgan fingerprint density at radius 1 is 1.60 bits per heavy atom. The molecule has 1 aromatic heterocycles. The van der Waals surface area contributed by atoms with Crippen LogP contribution in [0.1, 0.15) is 6.92 Å². The van der Waals surface area contributed by atoms with E-state index in [0.29, 0.717) is 6.54 Å². The van der Waals surface area contributed by atoms with Crippen molar-refractivity contribution in [3.05, 3.63) is 18.6 Å². The Balaban J connectivity index is 2.13. The molecule has 0 aromatic carbocycles. The van der Waals surface area contributed by atoms with E-state index in [-0.39, 0.29) is 11.8 Å². The van der Waals surface area contributed by atoms with Crippen LogP contribution in [0.2, 0.25) is 0 Å². The van der Waals surface area contributed by atoms with E-state index in [4.69, 9.17) is 5.11 Å². The average Bonchev–Trinajstić information content (AvgIpc) is 2.62. The SMILES string of the molecule is CC1CN(c2ccncn2)CC1C(=O)O. The predicted molar refractivity (Wildman–Crippen MR) is 54.5 cm³/mol. The molecule has 1 aliphatic heterocycles. The summed E-state index contributed by atoms with van der Waals surface area (Å²) >= 11 is 0. The molecule has 80 valence electrons. The highest BCUT2D eigenvalue weighted by molar-refractivity contribution is 5.72. The Morgan fingerprint density at radius 2 is 2.40 bits per heavy atom. The molecule has 1 fully saturated rings. The zero-order valence-corrected chi connectivity index (χ0v) is 8.50. The van der Waals surface area contributed by atoms with Crippen LogP contribution >= 0.6 is 0 Å². The van der Waals surface area contributed by atoms with Gasteiger partial charge in [-0.2, -0.15) is 0 Å². The van der Waals surface area contributed by atoms with Gasteiger partial charge in [0.1, 0.15) is 12.1 Å². The number of hydrogen-bond donors (Lipinski definition) is 1. The van der Waals surface area contributed by atoms with Crippen LogP contribution in [-0.2, 0) is 4.79 Å². The first kappa shape index (κ1) is 9.89. The minimum Gasteiger partial charge on any atom is -0.481 e. The summed E-state index contributed by atoms with van der Waals surface area (Å²) in [5.74, 6) is -0.0444. The van der Waals surface area contributed by atoms with Crippen LogP contribution in [-0.4, -0.2) is 34.1 Å². The minimum atomic E-state index is -0.723. The van der Waals surface area contributed by atoms with E-state index in [9.17, 15) is 4.79 Å². The van der Waals surface area contributed by atoms with Gasteiger partial charge in [0.2, 0.25) is 0 Å². The molecule has 0 spiro atoms. The number of carboxylic acids is 1. The van der Waals surface area contributed by atoms with Crippen molar-refractivity contribution in [1.29, 1.82) is 0 Å². The molecule has 5 nitrogen and oxygen atoms in total. The molecule has 2 rings (SSSR count). The molecule has 2 unspecified atom stereocenters. The van der Waals surface area contributed by atoms with Gasteiger partial charge in [0.25, 0.3) is 0 Å². The molecule has 0 radical (unpaired) electrons. The highest BCUT2D eigenvalue weighted by atomic mass is 16.4. The van der Waals surface area contributed by atoms with E-state index in [2.05, 4.69) is 9.97 Å². The number of carbonyl (C=O) groups is 1. The molecule has 2 atom stereocenters. The third-order valence-corrected chi connectivity index (χ3v) is 2.82. The second-order valence-electron chi connectivity index (χ2n) is 3.89. The average molecular weight is 207 g/mol. The lowest BCUT2D eigenvalue weighted by molar-refractivity contribution is -0.142. The van der Waals surface area contributed by atoms with E-state index < -0.39 is 5.97 Å². The highest BCUT2D eigenvalue weighted by Gasteiger charge is 2.35. The molecule has 5 heteroatoms. The lowest BCUT2D eigenvalue weighted by atomic mass is 9.99. The van der Waals surface area contributed by atoms with Crippen LogP contribution in [0.15, 0.2) is 18.6 Å². The molecular formula is C10H13N3O2. The summed E-state index contributed by atoms with van der Waals surface area (Å²) in [5, 5.41) is 8.99. The van der Waals surface area contributed by atoms with Crippen molar-refractivity contribution < 1.29 is 9.90 Å². The van der Waals surface area contributed by atoms with Crippen molar-refractivity contribution in [3.63, 3.8) is 0 Å². The van der Waals surface area contributed by atoms with Crippen molar-refractivity contribution in [2.75, 3.05) is 18.0 Å². The van der Waals surface area contributed by atoms with Gasteiger partial charge in [-0.25, -0.2) is 9.97 Å². The summed E-state index contributed by atoms with van der Waals surface area (Å²) in [6, 6.07) is 1.80. The van der Waals surface area contributed by atoms with Crippen molar-refractivity contribution in [3.8, 4) is 0 Å². The lowest BCUT2D eigenvalue weighted by Gasteiger charge is -2.15. The maximum atomic E-state index is 10.9. The highest BCUT2D eigenvalue weighted by Crippen LogP contribution is 2.26. The van der Waals surface area contributed by atoms with Crippen molar-refractivity contribution in [1.82, 2.24) is 9.97 Å². The van der Waals surface area contributed by atoms with Crippen molar-refractivity contribution in [2.45, 2.75) is 6.92 Å². The number of carboxylic acid groups (broad SMARTS) is 1. The number of aliphatic carboxylic acids is 1. The molecule has 15 heavy (non-hydrogen) atoms. The minimum absolute atomic E-state index is 0.164. The summed E-state index contributed by atoms with van der Waals surface area (Å²) < 4.78 is 0. The molecule has 1 aromatic rings. The second-order valence-corrected chi connectivity index (χ2v) is 3.89. The van der Waals surface area contributed by atoms with E-state index >= 15 is 0 Å². The fourth-order valence-corrected chi connectivity index (χ4v) is 1.95. The van der Waals surface area contributed by atoms with Gasteiger partial charge in [-0.1, -0.05) is 6.92 Å². The van der Waals surface area contributed by atoms with Crippen molar-refractivity contribution >= 4 is 11.8 Å². The second kappa shape index (κ2) is 3.84. The van der Waals surface area contributed by atoms with Crippen LogP contribution < -0.4 is 4.90 Å². The maximum Gasteiger partial charge on any atom is 0.308 e. The summed E-state index contributed by atoms with van der Waals surface area (Å²) in [6.07, 6.45) is 3.15. The fraction of sp³-hybridized carbons (Fsp3) is 0.500. The monoisotopic (exact) mass is 207 g/mol. The molecule has 0 saturated carbocycles. The summed E-state index contributed by atoms with van der Waals surface area (Å²) in [7, 11) is 0. The summed E-state index contributed by atoms with van der Waals surface area (Å²) in [6.45, 7) is 3.24. The van der Waals surface area contributed by atoms with Crippen LogP contribution in [0.4, 0.5) is 5.82 Å². The zero-order chi connectivity index (χ0) is 10.8. The largest absolute Gasteiger partial charge is 0.481 e. The van der Waals surface area contributed by atoms with Gasteiger partial charge in [0.15, 0.2) is 0 Å². The molecular weight excluding hydrogens is 194 g/mol. The normalized spacial score (nSPS) is 25.5. The lowest BCUT2D eigenvalue weighted by Crippen LogP contribution is -2.23. The zero-order valence-electron chi connectivity index (χ0n) is 8.50. The van der Waals surface area contributed by atoms with E-state index in [1.54, 1.807) is 12.3 Å². The number of anilines is 1. The topological polar surface area (TPSA) is 66.3 Å². The molecule has 1 N–H and O–H groups in total. The Labute approximate surface area is 87.8 Å². The first-order valence-electron chi connectivity index (χ1n) is 4.92. The van der Waals surface area contributed by atoms with Gasteiger partial charge >= 0.3 is 5.97 Å². The maximum absolute atomic E-state index is 10.9. The Kier molecular flexibility index (Phi) is 2.53. The van der Waals surface area contributed by atoms with Crippen LogP contribution in [0.5, 0.6) is 0 Å². The van der Waals surface area contributed by atoms with Gasteiger partial charge in [-0.3, -0.25) is 4.79 Å². The standard InChI is InChI=1S/C10H13N3O2/c1-7-4-13(5-8(7)10(14)15)9-2-3-11-6-12-9/h2-3,6-8H,4-5H2,1H3,(H,14,15). The van der Waals surface area contributed by atoms with Crippen LogP contribution in [0, 0.1) is 11.8 Å². The predicted octanol–water partition coefficient (Wildman–Crippen LogP) is 0.633. The van der Waals surface area contributed by atoms with Crippen molar-refractivity contribution in [2.24, 2.45) is 11.8 Å². The summed E-state index contributed by atoms with van der Waals surface area (Å²) in [4.78, 5) is 20.9. The molecule has 0 amide bonds. The van der Waals surface area contributed by atoms with E-state index in [1.165, 1.54) is 6.33 Å². The Hall–Kier alpha value is -1.65. The van der Waals surface area contributed by atoms with Crippen LogP contribution in [0.3, 0.4) is 0 Å². The molecule has 1 aliphatic rings. The number of aromatic nitrogens is 2. The Morgan fingerprint density at radius 3 is 2.93 bits per heavy atom. The number of nitrogens with zero attached hydrogens (tertiary/aromatic N) is 3. The molecule has 0 bridgehead atoms. The third kappa shape index (κ3) is 1.91. The third-order valence-electron chi connectivity index (χ3n) is 2.82. The number of rotatable bonds is 2. The summed E-state index contributed by atoms with van der Waals surface area (Å²) in [5.41, 5.74) is 0. The first-order chi connectivity index (χ1) is 7.18. The first-order valence-corrected chi connectivity index (χ1v) is 4.92. The van der Waals surface area contributed by atoms with Gasteiger partial charge in [0, 0.05) is 19.3 Å². The van der Waals surface area contributed by atoms with E-state index in [0.717, 1.165) is 12.4 Å². The van der Waals surface area contributed by atoms with Gasteiger partial charge in [0.05, 0.1) is 5.92 Å². The van der Waals surface area contributed by atoms with Gasteiger partial charge < -0.3 is 10.0 Å². The molecule has 0 aliphatic carbocycles. The van der Waals surface area contributed by atoms with Gasteiger partial charge in [-0.05, 0) is 12.0 Å².